The van der Waals surface area contributed by atoms with E-state index in [9.17, 15) is 9.18 Å². The fraction of sp³-hybridized carbons (Fsp3) is 0.296. The van der Waals surface area contributed by atoms with Gasteiger partial charge in [0.05, 0.1) is 17.8 Å². The van der Waals surface area contributed by atoms with Gasteiger partial charge in [-0.15, -0.1) is 0 Å². The third-order valence-corrected chi connectivity index (χ3v) is 7.38. The first-order valence-corrected chi connectivity index (χ1v) is 12.4. The first-order chi connectivity index (χ1) is 17.8. The lowest BCUT2D eigenvalue weighted by atomic mass is 9.92. The van der Waals surface area contributed by atoms with E-state index in [4.69, 9.17) is 22.1 Å². The minimum Gasteiger partial charge on any atom is -0.496 e. The van der Waals surface area contributed by atoms with Crippen LogP contribution in [0.4, 0.5) is 15.9 Å². The number of rotatable bonds is 6. The summed E-state index contributed by atoms with van der Waals surface area (Å²) in [5, 5.41) is 7.32. The largest absolute Gasteiger partial charge is 0.496 e. The van der Waals surface area contributed by atoms with Crippen molar-refractivity contribution in [3.8, 4) is 17.1 Å². The third-order valence-electron chi connectivity index (χ3n) is 7.10. The molecule has 1 saturated carbocycles. The highest BCUT2D eigenvalue weighted by atomic mass is 35.5. The molecule has 0 bridgehead atoms. The highest BCUT2D eigenvalue weighted by Gasteiger charge is 2.34. The maximum Gasteiger partial charge on any atom is 0.261 e. The van der Waals surface area contributed by atoms with Crippen molar-refractivity contribution in [2.75, 3.05) is 18.2 Å². The monoisotopic (exact) mass is 522 g/mol. The van der Waals surface area contributed by atoms with Crippen molar-refractivity contribution in [2.45, 2.75) is 31.1 Å². The van der Waals surface area contributed by atoms with Crippen LogP contribution in [-0.2, 0) is 14.1 Å². The maximum atomic E-state index is 13.5. The molecular formula is C27H28ClFN6O2. The number of nitrogens with one attached hydrogen (secondary N) is 1. The SMILES string of the molecule is COc1cc(-c2nccn2C)ccc1C1CCC(c2nn(C)c(N)c2C(=O)Nc2ccc(F)c(Cl)c2)C1. The number of carbonyl (C=O) groups excluding carboxylic acids is 1. The van der Waals surface area contributed by atoms with E-state index in [0.717, 1.165) is 42.0 Å². The van der Waals surface area contributed by atoms with Gasteiger partial charge in [0.1, 0.15) is 28.8 Å². The number of imidazole rings is 1. The average Bonchev–Trinajstić information content (AvgIpc) is 3.60. The van der Waals surface area contributed by atoms with Crippen LogP contribution < -0.4 is 15.8 Å². The number of hydrogen-bond acceptors (Lipinski definition) is 5. The molecule has 5 rings (SSSR count). The van der Waals surface area contributed by atoms with Crippen molar-refractivity contribution in [3.05, 3.63) is 76.5 Å². The number of nitrogens with zero attached hydrogens (tertiary/aromatic N) is 4. The van der Waals surface area contributed by atoms with Crippen LogP contribution in [0.3, 0.4) is 0 Å². The summed E-state index contributed by atoms with van der Waals surface area (Å²) in [6.45, 7) is 0. The Morgan fingerprint density at radius 1 is 1.19 bits per heavy atom. The smallest absolute Gasteiger partial charge is 0.261 e. The number of halogens is 2. The molecule has 4 aromatic rings. The van der Waals surface area contributed by atoms with E-state index in [1.165, 1.54) is 22.9 Å². The zero-order valence-corrected chi connectivity index (χ0v) is 21.6. The summed E-state index contributed by atoms with van der Waals surface area (Å²) in [6, 6.07) is 10.2. The van der Waals surface area contributed by atoms with Crippen LogP contribution >= 0.6 is 11.6 Å². The number of aromatic nitrogens is 4. The first-order valence-electron chi connectivity index (χ1n) is 12.0. The van der Waals surface area contributed by atoms with Gasteiger partial charge in [-0.05, 0) is 55.0 Å². The second-order valence-electron chi connectivity index (χ2n) is 9.38. The second kappa shape index (κ2) is 9.89. The van der Waals surface area contributed by atoms with Crippen molar-refractivity contribution >= 4 is 29.0 Å². The van der Waals surface area contributed by atoms with Crippen LogP contribution in [0.5, 0.6) is 5.75 Å². The molecule has 1 aliphatic carbocycles. The van der Waals surface area contributed by atoms with Crippen molar-refractivity contribution in [2.24, 2.45) is 14.1 Å². The quantitative estimate of drug-likeness (QED) is 0.348. The molecule has 2 aromatic carbocycles. The summed E-state index contributed by atoms with van der Waals surface area (Å²) in [5.41, 5.74) is 9.77. The molecule has 2 unspecified atom stereocenters. The maximum absolute atomic E-state index is 13.5. The van der Waals surface area contributed by atoms with Crippen LogP contribution in [-0.4, -0.2) is 32.3 Å². The van der Waals surface area contributed by atoms with E-state index in [1.54, 1.807) is 20.4 Å². The van der Waals surface area contributed by atoms with Crippen molar-refractivity contribution < 1.29 is 13.9 Å². The summed E-state index contributed by atoms with van der Waals surface area (Å²) in [5.74, 6) is 1.30. The van der Waals surface area contributed by atoms with E-state index in [1.807, 2.05) is 23.9 Å². The fourth-order valence-electron chi connectivity index (χ4n) is 5.19. The Labute approximate surface area is 219 Å². The van der Waals surface area contributed by atoms with Crippen LogP contribution in [0.15, 0.2) is 48.8 Å². The molecule has 10 heteroatoms. The van der Waals surface area contributed by atoms with Crippen LogP contribution in [0.2, 0.25) is 5.02 Å². The molecule has 8 nitrogen and oxygen atoms in total. The molecule has 1 amide bonds. The van der Waals surface area contributed by atoms with Gasteiger partial charge >= 0.3 is 0 Å². The summed E-state index contributed by atoms with van der Waals surface area (Å²) in [7, 11) is 5.36. The number of anilines is 2. The molecule has 2 atom stereocenters. The highest BCUT2D eigenvalue weighted by molar-refractivity contribution is 6.31. The van der Waals surface area contributed by atoms with Gasteiger partial charge < -0.3 is 20.4 Å². The number of nitrogens with two attached hydrogens (primary N) is 1. The zero-order valence-electron chi connectivity index (χ0n) is 20.8. The lowest BCUT2D eigenvalue weighted by Crippen LogP contribution is -2.16. The number of benzene rings is 2. The van der Waals surface area contributed by atoms with E-state index >= 15 is 0 Å². The van der Waals surface area contributed by atoms with Gasteiger partial charge in [0, 0.05) is 43.7 Å². The van der Waals surface area contributed by atoms with Gasteiger partial charge in [-0.3, -0.25) is 9.48 Å². The van der Waals surface area contributed by atoms with Gasteiger partial charge in [-0.25, -0.2) is 9.37 Å². The van der Waals surface area contributed by atoms with E-state index in [2.05, 4.69) is 27.5 Å². The molecule has 3 N–H and O–H groups in total. The molecule has 2 aromatic heterocycles. The third kappa shape index (κ3) is 4.67. The molecule has 0 spiro atoms. The van der Waals surface area contributed by atoms with Crippen molar-refractivity contribution in [1.82, 2.24) is 19.3 Å². The fourth-order valence-corrected chi connectivity index (χ4v) is 5.37. The van der Waals surface area contributed by atoms with Crippen molar-refractivity contribution in [3.63, 3.8) is 0 Å². The number of aryl methyl sites for hydroxylation is 2. The lowest BCUT2D eigenvalue weighted by molar-refractivity contribution is 0.102. The minimum absolute atomic E-state index is 0.0463. The lowest BCUT2D eigenvalue weighted by Gasteiger charge is -2.16. The molecule has 37 heavy (non-hydrogen) atoms. The molecule has 0 aliphatic heterocycles. The predicted octanol–water partition coefficient (Wildman–Crippen LogP) is 5.51. The second-order valence-corrected chi connectivity index (χ2v) is 9.78. The van der Waals surface area contributed by atoms with Crippen LogP contribution in [0, 0.1) is 5.82 Å². The standard InChI is InChI=1S/C27H28ClFN6O2/c1-34-11-10-31-26(34)17-6-8-19(22(13-17)37-3)15-4-5-16(12-15)24-23(25(30)35(2)33-24)27(36)32-18-7-9-21(29)20(28)14-18/h6-11,13-16H,4-5,12,30H2,1-3H3,(H,32,36). The first kappa shape index (κ1) is 24.8. The summed E-state index contributed by atoms with van der Waals surface area (Å²) in [6.07, 6.45) is 6.27. The van der Waals surface area contributed by atoms with Gasteiger partial charge in [-0.2, -0.15) is 5.10 Å². The number of nitrogen functional groups attached to an aromatic ring is 1. The number of methoxy groups -OCH3 is 1. The van der Waals surface area contributed by atoms with Gasteiger partial charge in [0.2, 0.25) is 0 Å². The molecule has 192 valence electrons. The van der Waals surface area contributed by atoms with E-state index in [-0.39, 0.29) is 22.7 Å². The van der Waals surface area contributed by atoms with E-state index in [0.29, 0.717) is 16.9 Å². The number of hydrogen-bond donors (Lipinski definition) is 2. The number of ether oxygens (including phenoxy) is 1. The Kier molecular flexibility index (Phi) is 6.64. The Morgan fingerprint density at radius 2 is 1.97 bits per heavy atom. The Bertz CT molecular complexity index is 1480. The van der Waals surface area contributed by atoms with Crippen molar-refractivity contribution in [1.29, 1.82) is 0 Å². The average molecular weight is 523 g/mol. The Balaban J connectivity index is 1.39. The van der Waals surface area contributed by atoms with Crippen LogP contribution in [0.1, 0.15) is 52.7 Å². The van der Waals surface area contributed by atoms with Gasteiger partial charge in [0.15, 0.2) is 0 Å². The van der Waals surface area contributed by atoms with Gasteiger partial charge in [0.25, 0.3) is 5.91 Å². The highest BCUT2D eigenvalue weighted by Crippen LogP contribution is 2.47. The van der Waals surface area contributed by atoms with E-state index < -0.39 is 11.7 Å². The zero-order chi connectivity index (χ0) is 26.3. The Hall–Kier alpha value is -3.85. The summed E-state index contributed by atoms with van der Waals surface area (Å²) < 4.78 is 22.8. The minimum atomic E-state index is -0.554. The summed E-state index contributed by atoms with van der Waals surface area (Å²) in [4.78, 5) is 17.7. The number of carbonyl (C=O) groups is 1. The topological polar surface area (TPSA) is 100.0 Å². The van der Waals surface area contributed by atoms with Crippen LogP contribution in [0.25, 0.3) is 11.4 Å². The summed E-state index contributed by atoms with van der Waals surface area (Å²) >= 11 is 5.88. The normalized spacial score (nSPS) is 17.2. The molecule has 2 heterocycles. The molecular weight excluding hydrogens is 495 g/mol. The molecule has 1 fully saturated rings. The predicted molar refractivity (Wildman–Crippen MR) is 142 cm³/mol. The molecule has 0 saturated heterocycles. The van der Waals surface area contributed by atoms with Gasteiger partial charge in [-0.1, -0.05) is 23.7 Å². The Morgan fingerprint density at radius 3 is 2.68 bits per heavy atom. The molecule has 0 radical (unpaired) electrons. The molecule has 1 aliphatic rings. The number of amides is 1.